The number of hydrogen-bond acceptors (Lipinski definition) is 3. The second-order valence-electron chi connectivity index (χ2n) is 5.89. The van der Waals surface area contributed by atoms with Crippen LogP contribution in [0.3, 0.4) is 0 Å². The molecule has 0 bridgehead atoms. The number of amides is 2. The van der Waals surface area contributed by atoms with Gasteiger partial charge in [0.15, 0.2) is 0 Å². The van der Waals surface area contributed by atoms with E-state index in [1.54, 1.807) is 4.90 Å². The Labute approximate surface area is 144 Å². The van der Waals surface area contributed by atoms with Gasteiger partial charge in [-0.25, -0.2) is 0 Å². The van der Waals surface area contributed by atoms with Gasteiger partial charge in [-0.3, -0.25) is 9.59 Å². The van der Waals surface area contributed by atoms with Gasteiger partial charge in [-0.05, 0) is 44.9 Å². The summed E-state index contributed by atoms with van der Waals surface area (Å²) < 4.78 is 0. The van der Waals surface area contributed by atoms with Crippen LogP contribution in [0, 0.1) is 12.8 Å². The van der Waals surface area contributed by atoms with Gasteiger partial charge in [-0.15, -0.1) is 12.4 Å². The zero-order valence-corrected chi connectivity index (χ0v) is 14.4. The molecular formula is C17H26ClN3O2. The molecule has 1 aromatic rings. The molecule has 0 aromatic heterocycles. The van der Waals surface area contributed by atoms with E-state index in [-0.39, 0.29) is 30.1 Å². The summed E-state index contributed by atoms with van der Waals surface area (Å²) in [4.78, 5) is 26.4. The van der Waals surface area contributed by atoms with Gasteiger partial charge in [0.05, 0.1) is 5.92 Å². The molecule has 2 amide bonds. The molecule has 0 radical (unpaired) electrons. The van der Waals surface area contributed by atoms with Crippen molar-refractivity contribution in [2.75, 3.05) is 26.2 Å². The number of rotatable bonds is 5. The third-order valence-electron chi connectivity index (χ3n) is 4.06. The summed E-state index contributed by atoms with van der Waals surface area (Å²) in [6, 6.07) is 7.58. The van der Waals surface area contributed by atoms with Gasteiger partial charge in [0.25, 0.3) is 5.91 Å². The van der Waals surface area contributed by atoms with Crippen LogP contribution >= 0.6 is 12.4 Å². The van der Waals surface area contributed by atoms with Crippen LogP contribution in [-0.2, 0) is 4.79 Å². The molecule has 0 saturated carbocycles. The third-order valence-corrected chi connectivity index (χ3v) is 4.06. The number of carbonyl (C=O) groups is 2. The van der Waals surface area contributed by atoms with E-state index in [0.29, 0.717) is 25.2 Å². The van der Waals surface area contributed by atoms with Crippen LogP contribution in [0.2, 0.25) is 0 Å². The Morgan fingerprint density at radius 3 is 2.65 bits per heavy atom. The summed E-state index contributed by atoms with van der Waals surface area (Å²) in [6.45, 7) is 4.40. The standard InChI is InChI=1S/C17H25N3O2.ClH/c1-13-5-7-14(8-6-13)17(22)20-11-2-4-15(12-20)16(21)19-10-3-9-18;/h5-8,15H,2-4,9-12,18H2,1H3,(H,19,21);1H. The minimum atomic E-state index is -0.110. The van der Waals surface area contributed by atoms with E-state index >= 15 is 0 Å². The lowest BCUT2D eigenvalue weighted by Gasteiger charge is -2.32. The number of aryl methyl sites for hydroxylation is 1. The van der Waals surface area contributed by atoms with Gasteiger partial charge in [0.1, 0.15) is 0 Å². The Morgan fingerprint density at radius 2 is 2.00 bits per heavy atom. The molecule has 0 aliphatic carbocycles. The number of piperidine rings is 1. The van der Waals surface area contributed by atoms with E-state index < -0.39 is 0 Å². The first-order valence-corrected chi connectivity index (χ1v) is 7.95. The van der Waals surface area contributed by atoms with Crippen molar-refractivity contribution >= 4 is 24.2 Å². The highest BCUT2D eigenvalue weighted by Gasteiger charge is 2.28. The lowest BCUT2D eigenvalue weighted by Crippen LogP contribution is -2.45. The Morgan fingerprint density at radius 1 is 1.30 bits per heavy atom. The largest absolute Gasteiger partial charge is 0.356 e. The minimum absolute atomic E-state index is 0. The van der Waals surface area contributed by atoms with Crippen molar-refractivity contribution in [2.24, 2.45) is 11.7 Å². The first-order chi connectivity index (χ1) is 10.6. The van der Waals surface area contributed by atoms with E-state index in [2.05, 4.69) is 5.32 Å². The van der Waals surface area contributed by atoms with Crippen LogP contribution in [-0.4, -0.2) is 42.9 Å². The molecule has 1 fully saturated rings. The van der Waals surface area contributed by atoms with Crippen LogP contribution < -0.4 is 11.1 Å². The molecule has 1 saturated heterocycles. The number of benzene rings is 1. The molecular weight excluding hydrogens is 314 g/mol. The van der Waals surface area contributed by atoms with Gasteiger partial charge < -0.3 is 16.0 Å². The summed E-state index contributed by atoms with van der Waals surface area (Å²) in [5.41, 5.74) is 7.25. The number of nitrogens with one attached hydrogen (secondary N) is 1. The topological polar surface area (TPSA) is 75.4 Å². The first-order valence-electron chi connectivity index (χ1n) is 7.95. The highest BCUT2D eigenvalue weighted by Crippen LogP contribution is 2.19. The molecule has 6 heteroatoms. The number of likely N-dealkylation sites (tertiary alicyclic amines) is 1. The summed E-state index contributed by atoms with van der Waals surface area (Å²) in [5.74, 6) is -0.0600. The lowest BCUT2D eigenvalue weighted by molar-refractivity contribution is -0.126. The zero-order valence-electron chi connectivity index (χ0n) is 13.6. The fourth-order valence-corrected chi connectivity index (χ4v) is 2.71. The van der Waals surface area contributed by atoms with Crippen molar-refractivity contribution in [2.45, 2.75) is 26.2 Å². The van der Waals surface area contributed by atoms with E-state index in [1.807, 2.05) is 31.2 Å². The van der Waals surface area contributed by atoms with Gasteiger partial charge >= 0.3 is 0 Å². The molecule has 1 unspecified atom stereocenters. The highest BCUT2D eigenvalue weighted by molar-refractivity contribution is 5.94. The Hall–Kier alpha value is -1.59. The number of nitrogens with two attached hydrogens (primary N) is 1. The van der Waals surface area contributed by atoms with E-state index in [1.165, 1.54) is 0 Å². The van der Waals surface area contributed by atoms with Crippen LogP contribution in [0.1, 0.15) is 35.2 Å². The average Bonchev–Trinajstić information content (AvgIpc) is 2.55. The summed E-state index contributed by atoms with van der Waals surface area (Å²) >= 11 is 0. The number of nitrogens with zero attached hydrogens (tertiary/aromatic N) is 1. The van der Waals surface area contributed by atoms with Gasteiger partial charge in [0.2, 0.25) is 5.91 Å². The molecule has 1 atom stereocenters. The predicted octanol–water partition coefficient (Wildman–Crippen LogP) is 1.73. The lowest BCUT2D eigenvalue weighted by atomic mass is 9.96. The molecule has 3 N–H and O–H groups in total. The maximum atomic E-state index is 12.5. The first kappa shape index (κ1) is 19.5. The monoisotopic (exact) mass is 339 g/mol. The van der Waals surface area contributed by atoms with Crippen molar-refractivity contribution in [3.63, 3.8) is 0 Å². The van der Waals surface area contributed by atoms with Crippen molar-refractivity contribution in [1.29, 1.82) is 0 Å². The van der Waals surface area contributed by atoms with Gasteiger partial charge in [-0.2, -0.15) is 0 Å². The van der Waals surface area contributed by atoms with Gasteiger partial charge in [0, 0.05) is 25.2 Å². The number of halogens is 1. The average molecular weight is 340 g/mol. The molecule has 5 nitrogen and oxygen atoms in total. The van der Waals surface area contributed by atoms with Crippen molar-refractivity contribution in [1.82, 2.24) is 10.2 Å². The Bertz CT molecular complexity index is 519. The minimum Gasteiger partial charge on any atom is -0.356 e. The number of hydrogen-bond donors (Lipinski definition) is 2. The molecule has 1 heterocycles. The van der Waals surface area contributed by atoms with Crippen molar-refractivity contribution in [3.05, 3.63) is 35.4 Å². The molecule has 23 heavy (non-hydrogen) atoms. The second-order valence-corrected chi connectivity index (χ2v) is 5.89. The normalized spacial score (nSPS) is 17.3. The second kappa shape index (κ2) is 9.53. The molecule has 0 spiro atoms. The van der Waals surface area contributed by atoms with E-state index in [9.17, 15) is 9.59 Å². The molecule has 1 aromatic carbocycles. The van der Waals surface area contributed by atoms with Crippen LogP contribution in [0.15, 0.2) is 24.3 Å². The smallest absolute Gasteiger partial charge is 0.253 e. The fraction of sp³-hybridized carbons (Fsp3) is 0.529. The molecule has 128 valence electrons. The summed E-state index contributed by atoms with van der Waals surface area (Å²) in [5, 5.41) is 2.90. The maximum Gasteiger partial charge on any atom is 0.253 e. The zero-order chi connectivity index (χ0) is 15.9. The Balaban J connectivity index is 0.00000264. The van der Waals surface area contributed by atoms with Crippen molar-refractivity contribution in [3.8, 4) is 0 Å². The summed E-state index contributed by atoms with van der Waals surface area (Å²) in [7, 11) is 0. The van der Waals surface area contributed by atoms with E-state index in [0.717, 1.165) is 31.4 Å². The van der Waals surface area contributed by atoms with Crippen molar-refractivity contribution < 1.29 is 9.59 Å². The van der Waals surface area contributed by atoms with Crippen LogP contribution in [0.5, 0.6) is 0 Å². The maximum absolute atomic E-state index is 12.5. The third kappa shape index (κ3) is 5.52. The van der Waals surface area contributed by atoms with Crippen LogP contribution in [0.4, 0.5) is 0 Å². The molecule has 1 aliphatic rings. The quantitative estimate of drug-likeness (QED) is 0.802. The van der Waals surface area contributed by atoms with Gasteiger partial charge in [-0.1, -0.05) is 17.7 Å². The SMILES string of the molecule is Cc1ccc(C(=O)N2CCCC(C(=O)NCCCN)C2)cc1.Cl. The predicted molar refractivity (Wildman–Crippen MR) is 93.7 cm³/mol. The highest BCUT2D eigenvalue weighted by atomic mass is 35.5. The number of carbonyl (C=O) groups excluding carboxylic acids is 2. The fourth-order valence-electron chi connectivity index (χ4n) is 2.71. The molecule has 2 rings (SSSR count). The molecule has 1 aliphatic heterocycles. The Kier molecular flexibility index (Phi) is 8.06. The summed E-state index contributed by atoms with van der Waals surface area (Å²) in [6.07, 6.45) is 2.49. The van der Waals surface area contributed by atoms with Crippen LogP contribution in [0.25, 0.3) is 0 Å². The van der Waals surface area contributed by atoms with E-state index in [4.69, 9.17) is 5.73 Å².